The lowest BCUT2D eigenvalue weighted by Crippen LogP contribution is -2.44. The van der Waals surface area contributed by atoms with E-state index in [-0.39, 0.29) is 11.7 Å². The van der Waals surface area contributed by atoms with Crippen LogP contribution in [0.2, 0.25) is 5.02 Å². The number of ether oxygens (including phenoxy) is 1. The maximum absolute atomic E-state index is 13.8. The molecule has 4 rings (SSSR count). The van der Waals surface area contributed by atoms with Crippen LogP contribution >= 0.6 is 11.6 Å². The number of aromatic nitrogens is 1. The maximum atomic E-state index is 13.8. The summed E-state index contributed by atoms with van der Waals surface area (Å²) in [6.07, 6.45) is -1.22. The summed E-state index contributed by atoms with van der Waals surface area (Å²) in [5.74, 6) is -0.0679. The van der Waals surface area contributed by atoms with E-state index < -0.39 is 24.6 Å². The third-order valence-corrected chi connectivity index (χ3v) is 6.85. The zero-order valence-corrected chi connectivity index (χ0v) is 21.1. The number of hydrogen-bond donors (Lipinski definition) is 0. The molecule has 0 aliphatic carbocycles. The first-order valence-corrected chi connectivity index (χ1v) is 12.7. The van der Waals surface area contributed by atoms with Crippen LogP contribution in [0.4, 0.5) is 17.6 Å². The van der Waals surface area contributed by atoms with Crippen molar-refractivity contribution in [2.45, 2.75) is 25.1 Å². The van der Waals surface area contributed by atoms with Crippen LogP contribution in [0.15, 0.2) is 72.9 Å². The fourth-order valence-corrected chi connectivity index (χ4v) is 4.94. The number of halogens is 5. The highest BCUT2D eigenvalue weighted by molar-refractivity contribution is 6.30. The second-order valence-electron chi connectivity index (χ2n) is 9.32. The van der Waals surface area contributed by atoms with E-state index in [9.17, 15) is 17.6 Å². The Morgan fingerprint density at radius 3 is 2.35 bits per heavy atom. The first-order valence-electron chi connectivity index (χ1n) is 12.4. The second-order valence-corrected chi connectivity index (χ2v) is 9.75. The summed E-state index contributed by atoms with van der Waals surface area (Å²) in [5.41, 5.74) is 1.28. The van der Waals surface area contributed by atoms with Crippen molar-refractivity contribution >= 4 is 11.6 Å². The highest BCUT2D eigenvalue weighted by Crippen LogP contribution is 2.33. The Balaban J connectivity index is 1.41. The lowest BCUT2D eigenvalue weighted by atomic mass is 9.93. The van der Waals surface area contributed by atoms with E-state index in [1.165, 1.54) is 11.0 Å². The van der Waals surface area contributed by atoms with Gasteiger partial charge in [-0.05, 0) is 73.8 Å². The van der Waals surface area contributed by atoms with Gasteiger partial charge in [-0.25, -0.2) is 4.39 Å². The van der Waals surface area contributed by atoms with E-state index in [4.69, 9.17) is 16.3 Å². The number of hydrogen-bond acceptors (Lipinski definition) is 4. The average molecular weight is 536 g/mol. The van der Waals surface area contributed by atoms with Gasteiger partial charge in [0.2, 0.25) is 0 Å². The van der Waals surface area contributed by atoms with Crippen LogP contribution in [0, 0.1) is 11.7 Å². The summed E-state index contributed by atoms with van der Waals surface area (Å²) in [4.78, 5) is 8.11. The number of likely N-dealkylation sites (tertiary alicyclic amines) is 1. The summed E-state index contributed by atoms with van der Waals surface area (Å²) < 4.78 is 60.6. The van der Waals surface area contributed by atoms with Gasteiger partial charge in [0, 0.05) is 24.3 Å². The van der Waals surface area contributed by atoms with Gasteiger partial charge in [0.25, 0.3) is 0 Å². The van der Waals surface area contributed by atoms with E-state index in [0.29, 0.717) is 30.4 Å². The van der Waals surface area contributed by atoms with Gasteiger partial charge in [-0.3, -0.25) is 14.8 Å². The fourth-order valence-electron chi connectivity index (χ4n) is 4.81. The molecule has 1 aromatic heterocycles. The molecule has 1 saturated heterocycles. The Morgan fingerprint density at radius 1 is 1.00 bits per heavy atom. The van der Waals surface area contributed by atoms with Crippen molar-refractivity contribution in [3.8, 4) is 5.75 Å². The van der Waals surface area contributed by atoms with E-state index in [0.717, 1.165) is 31.5 Å². The summed E-state index contributed by atoms with van der Waals surface area (Å²) in [5, 5.41) is 0.525. The van der Waals surface area contributed by atoms with Crippen molar-refractivity contribution in [3.05, 3.63) is 95.0 Å². The van der Waals surface area contributed by atoms with Gasteiger partial charge in [0.15, 0.2) is 11.6 Å². The summed E-state index contributed by atoms with van der Waals surface area (Å²) in [6, 6.07) is 17.9. The summed E-state index contributed by atoms with van der Waals surface area (Å²) in [7, 11) is 0. The fraction of sp³-hybridized carbons (Fsp3) is 0.393. The molecule has 4 nitrogen and oxygen atoms in total. The van der Waals surface area contributed by atoms with Crippen LogP contribution in [0.3, 0.4) is 0 Å². The zero-order valence-electron chi connectivity index (χ0n) is 20.4. The van der Waals surface area contributed by atoms with Crippen LogP contribution in [0.25, 0.3) is 0 Å². The van der Waals surface area contributed by atoms with Gasteiger partial charge in [-0.2, -0.15) is 13.2 Å². The standard InChI is InChI=1S/C28H30ClF4N3O/c29-23-10-8-22(9-11-23)27(25-6-3-4-14-34-25)36(20-28(31,32)33)19-21-12-15-35(16-13-21)17-18-37-26-7-2-1-5-24(26)30/h1-11,14,21,27H,12-13,15-20H2/t27-/m0/s1. The number of pyridine rings is 1. The van der Waals surface area contributed by atoms with E-state index in [1.807, 2.05) is 0 Å². The van der Waals surface area contributed by atoms with Gasteiger partial charge in [0.05, 0.1) is 18.3 Å². The highest BCUT2D eigenvalue weighted by atomic mass is 35.5. The minimum absolute atomic E-state index is 0.101. The van der Waals surface area contributed by atoms with Crippen LogP contribution < -0.4 is 4.74 Å². The first kappa shape index (κ1) is 27.4. The monoisotopic (exact) mass is 535 g/mol. The molecule has 2 aromatic carbocycles. The predicted molar refractivity (Wildman–Crippen MR) is 136 cm³/mol. The molecule has 1 fully saturated rings. The minimum Gasteiger partial charge on any atom is -0.489 e. The molecule has 37 heavy (non-hydrogen) atoms. The molecular weight excluding hydrogens is 506 g/mol. The van der Waals surface area contributed by atoms with E-state index >= 15 is 0 Å². The predicted octanol–water partition coefficient (Wildman–Crippen LogP) is 6.62. The summed E-state index contributed by atoms with van der Waals surface area (Å²) >= 11 is 6.06. The third kappa shape index (κ3) is 8.15. The molecule has 198 valence electrons. The molecule has 0 unspecified atom stereocenters. The van der Waals surface area contributed by atoms with Crippen molar-refractivity contribution < 1.29 is 22.3 Å². The minimum atomic E-state index is -4.36. The molecule has 1 aliphatic rings. The quantitative estimate of drug-likeness (QED) is 0.273. The van der Waals surface area contributed by atoms with E-state index in [2.05, 4.69) is 9.88 Å². The number of piperidine rings is 1. The zero-order chi connectivity index (χ0) is 26.3. The van der Waals surface area contributed by atoms with Crippen LogP contribution in [0.5, 0.6) is 5.75 Å². The average Bonchev–Trinajstić information content (AvgIpc) is 2.87. The van der Waals surface area contributed by atoms with E-state index in [1.54, 1.807) is 66.9 Å². The molecule has 0 amide bonds. The molecule has 1 atom stereocenters. The molecule has 0 N–H and O–H groups in total. The van der Waals surface area contributed by atoms with Crippen molar-refractivity contribution in [1.29, 1.82) is 0 Å². The van der Waals surface area contributed by atoms with Crippen LogP contribution in [-0.4, -0.2) is 60.3 Å². The number of para-hydroxylation sites is 1. The largest absolute Gasteiger partial charge is 0.489 e. The molecule has 0 bridgehead atoms. The molecule has 2 heterocycles. The highest BCUT2D eigenvalue weighted by Gasteiger charge is 2.37. The van der Waals surface area contributed by atoms with Gasteiger partial charge in [0.1, 0.15) is 6.61 Å². The third-order valence-electron chi connectivity index (χ3n) is 6.60. The Bertz CT molecular complexity index is 1110. The van der Waals surface area contributed by atoms with Gasteiger partial charge in [-0.15, -0.1) is 0 Å². The van der Waals surface area contributed by atoms with Crippen molar-refractivity contribution in [1.82, 2.24) is 14.8 Å². The molecule has 0 spiro atoms. The van der Waals surface area contributed by atoms with Gasteiger partial charge < -0.3 is 4.74 Å². The molecule has 3 aromatic rings. The van der Waals surface area contributed by atoms with Crippen molar-refractivity contribution in [2.24, 2.45) is 5.92 Å². The smallest absolute Gasteiger partial charge is 0.401 e. The number of nitrogens with zero attached hydrogens (tertiary/aromatic N) is 3. The number of alkyl halides is 3. The summed E-state index contributed by atoms with van der Waals surface area (Å²) in [6.45, 7) is 1.75. The van der Waals surface area contributed by atoms with Crippen LogP contribution in [0.1, 0.15) is 30.1 Å². The molecule has 9 heteroatoms. The topological polar surface area (TPSA) is 28.6 Å². The number of benzene rings is 2. The van der Waals surface area contributed by atoms with Gasteiger partial charge >= 0.3 is 6.18 Å². The van der Waals surface area contributed by atoms with Crippen LogP contribution in [-0.2, 0) is 0 Å². The Hall–Kier alpha value is -2.68. The normalized spacial score (nSPS) is 16.2. The molecule has 1 aliphatic heterocycles. The number of rotatable bonds is 10. The lowest BCUT2D eigenvalue weighted by molar-refractivity contribution is -0.151. The Morgan fingerprint density at radius 2 is 1.70 bits per heavy atom. The molecular formula is C28H30ClF4N3O. The second kappa shape index (κ2) is 12.7. The Labute approximate surface area is 219 Å². The van der Waals surface area contributed by atoms with Crippen molar-refractivity contribution in [3.63, 3.8) is 0 Å². The maximum Gasteiger partial charge on any atom is 0.401 e. The Kier molecular flexibility index (Phi) is 9.40. The van der Waals surface area contributed by atoms with Crippen molar-refractivity contribution in [2.75, 3.05) is 39.3 Å². The molecule has 0 radical (unpaired) electrons. The lowest BCUT2D eigenvalue weighted by Gasteiger charge is -2.38. The first-order chi connectivity index (χ1) is 17.8. The molecule has 0 saturated carbocycles. The van der Waals surface area contributed by atoms with Gasteiger partial charge in [-0.1, -0.05) is 41.9 Å². The SMILES string of the molecule is Fc1ccccc1OCCN1CCC(CN(CC(F)(F)F)[C@@H](c2ccc(Cl)cc2)c2ccccn2)CC1.